The van der Waals surface area contributed by atoms with Crippen molar-refractivity contribution in [2.45, 2.75) is 39.5 Å². The summed E-state index contributed by atoms with van der Waals surface area (Å²) < 4.78 is 21.9. The molecule has 0 aromatic rings. The second-order valence-corrected chi connectivity index (χ2v) is 6.71. The van der Waals surface area contributed by atoms with Gasteiger partial charge in [-0.3, -0.25) is 9.36 Å². The molecule has 96 valence electrons. The number of carbonyl (C=O) groups is 1. The van der Waals surface area contributed by atoms with E-state index >= 15 is 0 Å². The first-order valence-corrected chi connectivity index (χ1v) is 8.08. The first-order chi connectivity index (χ1) is 7.48. The van der Waals surface area contributed by atoms with Gasteiger partial charge in [0.25, 0.3) is 0 Å². The van der Waals surface area contributed by atoms with E-state index in [9.17, 15) is 9.36 Å². The number of carbonyl (C=O) groups excluding carboxylic acids is 1. The molecule has 0 saturated carbocycles. The Balaban J connectivity index is 3.54. The average Bonchev–Trinajstić information content (AvgIpc) is 2.16. The van der Waals surface area contributed by atoms with Crippen LogP contribution in [0.15, 0.2) is 0 Å². The van der Waals surface area contributed by atoms with Crippen LogP contribution in [0, 0.1) is 0 Å². The molecular weight excluding hydrogens is 227 g/mol. The highest BCUT2D eigenvalue weighted by molar-refractivity contribution is 7.58. The van der Waals surface area contributed by atoms with Crippen LogP contribution in [0.25, 0.3) is 0 Å². The Morgan fingerprint density at radius 2 is 1.88 bits per heavy atom. The van der Waals surface area contributed by atoms with Gasteiger partial charge in [0.05, 0.1) is 12.8 Å². The molecule has 0 aromatic heterocycles. The molecular formula is C11H23O4P. The Morgan fingerprint density at radius 1 is 1.19 bits per heavy atom. The Labute approximate surface area is 98.2 Å². The van der Waals surface area contributed by atoms with Crippen LogP contribution in [-0.4, -0.2) is 32.0 Å². The maximum Gasteiger partial charge on any atom is 0.302 e. The van der Waals surface area contributed by atoms with Crippen LogP contribution in [0.3, 0.4) is 0 Å². The van der Waals surface area contributed by atoms with E-state index in [2.05, 4.69) is 6.92 Å². The fraction of sp³-hybridized carbons (Fsp3) is 0.909. The van der Waals surface area contributed by atoms with E-state index in [0.29, 0.717) is 12.8 Å². The largest absolute Gasteiger partial charge is 0.465 e. The summed E-state index contributed by atoms with van der Waals surface area (Å²) in [6, 6.07) is 0. The van der Waals surface area contributed by atoms with E-state index in [4.69, 9.17) is 9.26 Å². The molecule has 0 radical (unpaired) electrons. The molecule has 16 heavy (non-hydrogen) atoms. The SMILES string of the molecule is CCCCCCOP(C)(=O)CCOC(C)=O. The number of unbranched alkanes of at least 4 members (excludes halogenated alkanes) is 3. The van der Waals surface area contributed by atoms with Crippen LogP contribution in [0.1, 0.15) is 39.5 Å². The van der Waals surface area contributed by atoms with Gasteiger partial charge in [0, 0.05) is 13.6 Å². The first kappa shape index (κ1) is 15.7. The molecule has 0 aromatic carbocycles. The lowest BCUT2D eigenvalue weighted by Gasteiger charge is -2.13. The van der Waals surface area contributed by atoms with Crippen molar-refractivity contribution in [2.24, 2.45) is 0 Å². The molecule has 4 nitrogen and oxygen atoms in total. The molecule has 0 saturated heterocycles. The van der Waals surface area contributed by atoms with Crippen LogP contribution in [0.2, 0.25) is 0 Å². The minimum atomic E-state index is -2.57. The normalized spacial score (nSPS) is 14.4. The van der Waals surface area contributed by atoms with Gasteiger partial charge in [-0.2, -0.15) is 0 Å². The molecule has 0 rings (SSSR count). The van der Waals surface area contributed by atoms with Gasteiger partial charge in [0.2, 0.25) is 7.37 Å². The molecule has 1 unspecified atom stereocenters. The topological polar surface area (TPSA) is 52.6 Å². The summed E-state index contributed by atoms with van der Waals surface area (Å²) in [6.07, 6.45) is 4.72. The number of hydrogen-bond donors (Lipinski definition) is 0. The van der Waals surface area contributed by atoms with Gasteiger partial charge in [0.1, 0.15) is 6.61 Å². The number of rotatable bonds is 9. The predicted molar refractivity (Wildman–Crippen MR) is 65.1 cm³/mol. The van der Waals surface area contributed by atoms with Crippen molar-refractivity contribution < 1.29 is 18.6 Å². The smallest absolute Gasteiger partial charge is 0.302 e. The maximum atomic E-state index is 11.8. The van der Waals surface area contributed by atoms with E-state index in [-0.39, 0.29) is 12.6 Å². The van der Waals surface area contributed by atoms with Crippen LogP contribution >= 0.6 is 7.37 Å². The summed E-state index contributed by atoms with van der Waals surface area (Å²) in [5.41, 5.74) is 0. The van der Waals surface area contributed by atoms with Gasteiger partial charge in [-0.1, -0.05) is 26.2 Å². The highest BCUT2D eigenvalue weighted by Crippen LogP contribution is 2.42. The molecule has 0 aliphatic carbocycles. The standard InChI is InChI=1S/C11H23O4P/c1-4-5-6-7-8-15-16(3,13)10-9-14-11(2)12/h4-10H2,1-3H3. The quantitative estimate of drug-likeness (QED) is 0.358. The Bertz CT molecular complexity index is 240. The van der Waals surface area contributed by atoms with Gasteiger partial charge in [-0.15, -0.1) is 0 Å². The third kappa shape index (κ3) is 10.2. The fourth-order valence-corrected chi connectivity index (χ4v) is 2.27. The zero-order valence-corrected chi connectivity index (χ0v) is 11.4. The molecule has 0 spiro atoms. The van der Waals surface area contributed by atoms with Crippen LogP contribution in [0.5, 0.6) is 0 Å². The highest BCUT2D eigenvalue weighted by atomic mass is 31.2. The summed E-state index contributed by atoms with van der Waals surface area (Å²) in [4.78, 5) is 10.5. The summed E-state index contributed by atoms with van der Waals surface area (Å²) in [5, 5.41) is 0. The van der Waals surface area contributed by atoms with Crippen molar-refractivity contribution >= 4 is 13.3 Å². The fourth-order valence-electron chi connectivity index (χ4n) is 1.21. The van der Waals surface area contributed by atoms with E-state index in [1.165, 1.54) is 19.8 Å². The Hall–Kier alpha value is -0.340. The summed E-state index contributed by atoms with van der Waals surface area (Å²) in [7, 11) is -2.57. The maximum absolute atomic E-state index is 11.8. The van der Waals surface area contributed by atoms with E-state index < -0.39 is 7.37 Å². The van der Waals surface area contributed by atoms with Crippen molar-refractivity contribution in [1.29, 1.82) is 0 Å². The molecule has 0 bridgehead atoms. The molecule has 1 atom stereocenters. The van der Waals surface area contributed by atoms with Gasteiger partial charge in [-0.25, -0.2) is 0 Å². The van der Waals surface area contributed by atoms with Crippen molar-refractivity contribution in [1.82, 2.24) is 0 Å². The Kier molecular flexibility index (Phi) is 8.58. The van der Waals surface area contributed by atoms with Gasteiger partial charge < -0.3 is 9.26 Å². The second-order valence-electron chi connectivity index (χ2n) is 3.97. The average molecular weight is 250 g/mol. The third-order valence-corrected chi connectivity index (χ3v) is 3.89. The van der Waals surface area contributed by atoms with Crippen molar-refractivity contribution in [3.8, 4) is 0 Å². The van der Waals surface area contributed by atoms with E-state index in [1.807, 2.05) is 0 Å². The zero-order valence-electron chi connectivity index (χ0n) is 10.5. The number of esters is 1. The zero-order chi connectivity index (χ0) is 12.4. The van der Waals surface area contributed by atoms with Crippen molar-refractivity contribution in [3.05, 3.63) is 0 Å². The molecule has 0 N–H and O–H groups in total. The highest BCUT2D eigenvalue weighted by Gasteiger charge is 2.15. The van der Waals surface area contributed by atoms with Gasteiger partial charge in [0.15, 0.2) is 0 Å². The lowest BCUT2D eigenvalue weighted by molar-refractivity contribution is -0.140. The summed E-state index contributed by atoms with van der Waals surface area (Å²) in [5.74, 6) is -0.344. The minimum absolute atomic E-state index is 0.179. The van der Waals surface area contributed by atoms with Crippen LogP contribution in [-0.2, 0) is 18.6 Å². The van der Waals surface area contributed by atoms with Crippen LogP contribution in [0.4, 0.5) is 0 Å². The third-order valence-electron chi connectivity index (χ3n) is 2.17. The van der Waals surface area contributed by atoms with Gasteiger partial charge >= 0.3 is 5.97 Å². The monoisotopic (exact) mass is 250 g/mol. The lowest BCUT2D eigenvalue weighted by atomic mass is 10.2. The van der Waals surface area contributed by atoms with Gasteiger partial charge in [-0.05, 0) is 6.42 Å². The summed E-state index contributed by atoms with van der Waals surface area (Å²) in [6.45, 7) is 5.79. The van der Waals surface area contributed by atoms with Crippen molar-refractivity contribution in [2.75, 3.05) is 26.0 Å². The molecule has 5 heteroatoms. The minimum Gasteiger partial charge on any atom is -0.465 e. The molecule has 0 aliphatic heterocycles. The van der Waals surface area contributed by atoms with E-state index in [1.54, 1.807) is 6.66 Å². The van der Waals surface area contributed by atoms with E-state index in [0.717, 1.165) is 12.8 Å². The molecule has 0 fully saturated rings. The predicted octanol–water partition coefficient (Wildman–Crippen LogP) is 3.05. The first-order valence-electron chi connectivity index (χ1n) is 5.82. The molecule has 0 heterocycles. The lowest BCUT2D eigenvalue weighted by Crippen LogP contribution is -2.06. The van der Waals surface area contributed by atoms with Crippen LogP contribution < -0.4 is 0 Å². The Morgan fingerprint density at radius 3 is 2.44 bits per heavy atom. The number of ether oxygens (including phenoxy) is 1. The number of hydrogen-bond acceptors (Lipinski definition) is 4. The molecule has 0 amide bonds. The second kappa shape index (κ2) is 8.77. The molecule has 0 aliphatic rings. The summed E-state index contributed by atoms with van der Waals surface area (Å²) >= 11 is 0. The van der Waals surface area contributed by atoms with Crippen molar-refractivity contribution in [3.63, 3.8) is 0 Å².